The third kappa shape index (κ3) is 4.84. The van der Waals surface area contributed by atoms with Crippen molar-refractivity contribution < 1.29 is 18.9 Å². The summed E-state index contributed by atoms with van der Waals surface area (Å²) in [7, 11) is 6.49. The highest BCUT2D eigenvalue weighted by atomic mass is 16.5. The van der Waals surface area contributed by atoms with Gasteiger partial charge in [0.1, 0.15) is 23.0 Å². The van der Waals surface area contributed by atoms with Crippen LogP contribution in [-0.2, 0) is 5.54 Å². The topological polar surface area (TPSA) is 75.0 Å². The Kier molecular flexibility index (Phi) is 6.93. The Morgan fingerprint density at radius 2 is 1.07 bits per heavy atom. The molecule has 0 aliphatic heterocycles. The van der Waals surface area contributed by atoms with Crippen LogP contribution in [-0.4, -0.2) is 41.0 Å². The summed E-state index contributed by atoms with van der Waals surface area (Å²) in [6.45, 7) is 4.68. The SMILES string of the molecule is COc1cc(OC)cc(C(N)(CNC(C)C)c2cc(OC)cc(OC)c2)c1. The van der Waals surface area contributed by atoms with Crippen molar-refractivity contribution >= 4 is 0 Å². The lowest BCUT2D eigenvalue weighted by molar-refractivity contribution is 0.382. The van der Waals surface area contributed by atoms with Gasteiger partial charge >= 0.3 is 0 Å². The van der Waals surface area contributed by atoms with E-state index >= 15 is 0 Å². The zero-order valence-electron chi connectivity index (χ0n) is 17.0. The first-order valence-corrected chi connectivity index (χ1v) is 8.85. The Morgan fingerprint density at radius 3 is 1.33 bits per heavy atom. The number of nitrogens with one attached hydrogen (secondary N) is 1. The van der Waals surface area contributed by atoms with E-state index < -0.39 is 5.54 Å². The minimum Gasteiger partial charge on any atom is -0.497 e. The molecule has 0 fully saturated rings. The second-order valence-electron chi connectivity index (χ2n) is 6.71. The van der Waals surface area contributed by atoms with Crippen molar-refractivity contribution in [3.63, 3.8) is 0 Å². The maximum atomic E-state index is 7.00. The summed E-state index contributed by atoms with van der Waals surface area (Å²) < 4.78 is 21.8. The van der Waals surface area contributed by atoms with Crippen molar-refractivity contribution in [2.24, 2.45) is 5.73 Å². The molecule has 0 aliphatic carbocycles. The Bertz CT molecular complexity index is 662. The summed E-state index contributed by atoms with van der Waals surface area (Å²) >= 11 is 0. The van der Waals surface area contributed by atoms with E-state index in [4.69, 9.17) is 24.7 Å². The number of hydrogen-bond acceptors (Lipinski definition) is 6. The fourth-order valence-electron chi connectivity index (χ4n) is 2.87. The molecule has 0 heterocycles. The third-order valence-corrected chi connectivity index (χ3v) is 4.52. The molecule has 0 aliphatic rings. The number of rotatable bonds is 9. The minimum absolute atomic E-state index is 0.271. The van der Waals surface area contributed by atoms with Crippen LogP contribution in [0.1, 0.15) is 25.0 Å². The maximum absolute atomic E-state index is 7.00. The van der Waals surface area contributed by atoms with Gasteiger partial charge in [-0.3, -0.25) is 0 Å². The van der Waals surface area contributed by atoms with Gasteiger partial charge in [0.25, 0.3) is 0 Å². The predicted molar refractivity (Wildman–Crippen MR) is 107 cm³/mol. The summed E-state index contributed by atoms with van der Waals surface area (Å²) in [5.74, 6) is 2.72. The summed E-state index contributed by atoms with van der Waals surface area (Å²) in [6, 6.07) is 11.6. The Labute approximate surface area is 161 Å². The molecule has 2 aromatic carbocycles. The average Bonchev–Trinajstić information content (AvgIpc) is 2.70. The summed E-state index contributed by atoms with van der Waals surface area (Å²) in [5.41, 5.74) is 7.87. The number of ether oxygens (including phenoxy) is 4. The zero-order valence-corrected chi connectivity index (χ0v) is 17.0. The fourth-order valence-corrected chi connectivity index (χ4v) is 2.87. The van der Waals surface area contributed by atoms with Crippen LogP contribution in [0.2, 0.25) is 0 Å². The highest BCUT2D eigenvalue weighted by molar-refractivity contribution is 5.50. The molecule has 0 unspecified atom stereocenters. The van der Waals surface area contributed by atoms with Crippen molar-refractivity contribution in [3.05, 3.63) is 47.5 Å². The average molecular weight is 374 g/mol. The molecule has 0 radical (unpaired) electrons. The third-order valence-electron chi connectivity index (χ3n) is 4.52. The van der Waals surface area contributed by atoms with Crippen molar-refractivity contribution in [1.29, 1.82) is 0 Å². The molecule has 0 saturated heterocycles. The van der Waals surface area contributed by atoms with Crippen LogP contribution >= 0.6 is 0 Å². The van der Waals surface area contributed by atoms with Gasteiger partial charge in [-0.25, -0.2) is 0 Å². The van der Waals surface area contributed by atoms with Crippen molar-refractivity contribution in [2.45, 2.75) is 25.4 Å². The molecule has 6 heteroatoms. The van der Waals surface area contributed by atoms with Gasteiger partial charge in [0.05, 0.1) is 34.0 Å². The first-order valence-electron chi connectivity index (χ1n) is 8.85. The highest BCUT2D eigenvalue weighted by Gasteiger charge is 2.32. The minimum atomic E-state index is -0.853. The van der Waals surface area contributed by atoms with E-state index in [0.29, 0.717) is 29.5 Å². The first kappa shape index (κ1) is 20.9. The summed E-state index contributed by atoms with van der Waals surface area (Å²) in [6.07, 6.45) is 0. The zero-order chi connectivity index (χ0) is 20.0. The molecule has 0 atom stereocenters. The molecule has 0 bridgehead atoms. The second-order valence-corrected chi connectivity index (χ2v) is 6.71. The standard InChI is InChI=1S/C21H30N2O4/c1-14(2)23-13-21(22,15-7-17(24-3)11-18(8-15)25-4)16-9-19(26-5)12-20(10-16)27-6/h7-12,14,23H,13,22H2,1-6H3. The highest BCUT2D eigenvalue weighted by Crippen LogP contribution is 2.36. The molecule has 0 aromatic heterocycles. The van der Waals surface area contributed by atoms with Crippen LogP contribution in [0.4, 0.5) is 0 Å². The van der Waals surface area contributed by atoms with Crippen molar-refractivity contribution in [2.75, 3.05) is 35.0 Å². The Morgan fingerprint density at radius 1 is 0.741 bits per heavy atom. The molecule has 0 amide bonds. The van der Waals surface area contributed by atoms with Crippen LogP contribution in [0.15, 0.2) is 36.4 Å². The number of benzene rings is 2. The van der Waals surface area contributed by atoms with Crippen LogP contribution in [0, 0.1) is 0 Å². The van der Waals surface area contributed by atoms with Gasteiger partial charge in [-0.2, -0.15) is 0 Å². The van der Waals surface area contributed by atoms with Gasteiger partial charge in [0.2, 0.25) is 0 Å². The summed E-state index contributed by atoms with van der Waals surface area (Å²) in [5, 5.41) is 3.44. The van der Waals surface area contributed by atoms with Crippen LogP contribution in [0.3, 0.4) is 0 Å². The van der Waals surface area contributed by atoms with E-state index in [-0.39, 0.29) is 6.04 Å². The lowest BCUT2D eigenvalue weighted by Crippen LogP contribution is -2.48. The van der Waals surface area contributed by atoms with E-state index in [1.165, 1.54) is 0 Å². The molecule has 2 aromatic rings. The second kappa shape index (κ2) is 8.97. The van der Waals surface area contributed by atoms with E-state index in [1.807, 2.05) is 36.4 Å². The van der Waals surface area contributed by atoms with Gasteiger partial charge in [0, 0.05) is 24.7 Å². The van der Waals surface area contributed by atoms with Gasteiger partial charge in [0.15, 0.2) is 0 Å². The van der Waals surface area contributed by atoms with Crippen LogP contribution in [0.5, 0.6) is 23.0 Å². The summed E-state index contributed by atoms with van der Waals surface area (Å²) in [4.78, 5) is 0. The van der Waals surface area contributed by atoms with Gasteiger partial charge in [-0.15, -0.1) is 0 Å². The normalized spacial score (nSPS) is 11.4. The quantitative estimate of drug-likeness (QED) is 0.703. The van der Waals surface area contributed by atoms with Crippen molar-refractivity contribution in [3.8, 4) is 23.0 Å². The molecule has 3 N–H and O–H groups in total. The fraction of sp³-hybridized carbons (Fsp3) is 0.429. The Hall–Kier alpha value is -2.44. The van der Waals surface area contributed by atoms with Crippen LogP contribution < -0.4 is 30.0 Å². The molecule has 2 rings (SSSR count). The van der Waals surface area contributed by atoms with Crippen LogP contribution in [0.25, 0.3) is 0 Å². The van der Waals surface area contributed by atoms with Crippen molar-refractivity contribution in [1.82, 2.24) is 5.32 Å². The molecule has 6 nitrogen and oxygen atoms in total. The molecule has 0 spiro atoms. The molecule has 148 valence electrons. The van der Waals surface area contributed by atoms with E-state index in [1.54, 1.807) is 28.4 Å². The molecule has 27 heavy (non-hydrogen) atoms. The van der Waals surface area contributed by atoms with E-state index in [2.05, 4.69) is 19.2 Å². The lowest BCUT2D eigenvalue weighted by Gasteiger charge is -2.33. The number of hydrogen-bond donors (Lipinski definition) is 2. The van der Waals surface area contributed by atoms with Gasteiger partial charge in [-0.05, 0) is 35.4 Å². The number of methoxy groups -OCH3 is 4. The molecular formula is C21H30N2O4. The van der Waals surface area contributed by atoms with Gasteiger partial charge < -0.3 is 30.0 Å². The molecule has 0 saturated carbocycles. The molecular weight excluding hydrogens is 344 g/mol. The smallest absolute Gasteiger partial charge is 0.122 e. The predicted octanol–water partition coefficient (Wildman–Crippen LogP) is 2.92. The van der Waals surface area contributed by atoms with E-state index in [0.717, 1.165) is 11.1 Å². The first-order chi connectivity index (χ1) is 12.9. The lowest BCUT2D eigenvalue weighted by atomic mass is 9.83. The largest absolute Gasteiger partial charge is 0.497 e. The van der Waals surface area contributed by atoms with Gasteiger partial charge in [-0.1, -0.05) is 13.8 Å². The maximum Gasteiger partial charge on any atom is 0.122 e. The number of nitrogens with two attached hydrogens (primary N) is 1. The Balaban J connectivity index is 2.66. The van der Waals surface area contributed by atoms with E-state index in [9.17, 15) is 0 Å². The monoisotopic (exact) mass is 374 g/mol.